The van der Waals surface area contributed by atoms with E-state index in [-0.39, 0.29) is 17.0 Å². The number of aromatic nitrogens is 2. The fraction of sp³-hybridized carbons (Fsp3) is 0. The number of carbonyl (C=O) groups is 1. The zero-order chi connectivity index (χ0) is 21.1. The lowest BCUT2D eigenvalue weighted by atomic mass is 10.2. The summed E-state index contributed by atoms with van der Waals surface area (Å²) in [4.78, 5) is 26.7. The van der Waals surface area contributed by atoms with Gasteiger partial charge in [0.1, 0.15) is 5.52 Å². The Morgan fingerprint density at radius 3 is 2.50 bits per heavy atom. The van der Waals surface area contributed by atoms with Gasteiger partial charge in [0.25, 0.3) is 5.69 Å². The molecule has 0 aliphatic heterocycles. The van der Waals surface area contributed by atoms with Gasteiger partial charge in [-0.25, -0.2) is 4.98 Å². The zero-order valence-electron chi connectivity index (χ0n) is 15.4. The van der Waals surface area contributed by atoms with E-state index in [1.807, 2.05) is 30.3 Å². The molecule has 0 aliphatic carbocycles. The van der Waals surface area contributed by atoms with Crippen LogP contribution in [0.4, 0.5) is 11.4 Å². The van der Waals surface area contributed by atoms with Crippen molar-refractivity contribution in [3.05, 3.63) is 88.5 Å². The first-order valence-corrected chi connectivity index (χ1v) is 8.86. The second-order valence-corrected chi connectivity index (χ2v) is 6.32. The number of benzene rings is 3. The number of nitro benzene ring substituents is 1. The third-order valence-electron chi connectivity index (χ3n) is 4.32. The number of imidazole rings is 1. The number of nitrogens with one attached hydrogen (secondary N) is 1. The zero-order valence-corrected chi connectivity index (χ0v) is 15.4. The third kappa shape index (κ3) is 3.81. The van der Waals surface area contributed by atoms with Gasteiger partial charge in [-0.05, 0) is 42.5 Å². The fourth-order valence-corrected chi connectivity index (χ4v) is 2.87. The number of anilines is 1. The Hall–Kier alpha value is -4.64. The number of carbonyl (C=O) groups excluding carboxylic acids is 1. The number of amides is 1. The van der Waals surface area contributed by atoms with E-state index >= 15 is 0 Å². The summed E-state index contributed by atoms with van der Waals surface area (Å²) in [6, 6.07) is 19.9. The highest BCUT2D eigenvalue weighted by molar-refractivity contribution is 6.04. The monoisotopic (exact) mass is 398 g/mol. The van der Waals surface area contributed by atoms with Gasteiger partial charge >= 0.3 is 5.91 Å². The molecule has 2 N–H and O–H groups in total. The molecule has 0 radical (unpaired) electrons. The van der Waals surface area contributed by atoms with E-state index in [0.29, 0.717) is 16.8 Å². The van der Waals surface area contributed by atoms with Crippen molar-refractivity contribution < 1.29 is 14.9 Å². The normalized spacial score (nSPS) is 10.3. The van der Waals surface area contributed by atoms with Crippen LogP contribution in [0.15, 0.2) is 72.8 Å². The van der Waals surface area contributed by atoms with Crippen molar-refractivity contribution in [2.24, 2.45) is 0 Å². The molecule has 0 bridgehead atoms. The Morgan fingerprint density at radius 2 is 1.80 bits per heavy atom. The maximum atomic E-state index is 12.0. The summed E-state index contributed by atoms with van der Waals surface area (Å²) in [5.74, 6) is 5.08. The highest BCUT2D eigenvalue weighted by Crippen LogP contribution is 2.27. The van der Waals surface area contributed by atoms with Crippen molar-refractivity contribution in [1.29, 1.82) is 0 Å². The standard InChI is InChI=1S/C22H14N4O4/c27-21(13-6-15-4-2-1-3-5-15)23-17-9-7-16(8-10-17)22-24-19-12-11-18(26(29)30)14-20(19)25(22)28/h1-5,7-12,14,28H,(H,23,27). The van der Waals surface area contributed by atoms with Crippen LogP contribution in [0.5, 0.6) is 0 Å². The molecule has 8 heteroatoms. The average Bonchev–Trinajstić information content (AvgIpc) is 3.09. The third-order valence-corrected chi connectivity index (χ3v) is 4.32. The molecule has 0 fully saturated rings. The van der Waals surface area contributed by atoms with Crippen LogP contribution in [-0.4, -0.2) is 25.8 Å². The highest BCUT2D eigenvalue weighted by Gasteiger charge is 2.15. The first-order chi connectivity index (χ1) is 14.5. The van der Waals surface area contributed by atoms with Crippen LogP contribution in [0, 0.1) is 22.0 Å². The molecule has 1 heterocycles. The number of nitrogens with zero attached hydrogens (tertiary/aromatic N) is 3. The van der Waals surface area contributed by atoms with Gasteiger partial charge in [-0.2, -0.15) is 4.73 Å². The fourth-order valence-electron chi connectivity index (χ4n) is 2.87. The predicted molar refractivity (Wildman–Crippen MR) is 111 cm³/mol. The van der Waals surface area contributed by atoms with Crippen molar-refractivity contribution in [2.45, 2.75) is 0 Å². The van der Waals surface area contributed by atoms with E-state index in [9.17, 15) is 20.1 Å². The quantitative estimate of drug-likeness (QED) is 0.236. The van der Waals surface area contributed by atoms with Crippen molar-refractivity contribution >= 4 is 28.3 Å². The Kier molecular flexibility index (Phi) is 4.85. The molecule has 4 aromatic rings. The average molecular weight is 398 g/mol. The molecule has 1 amide bonds. The number of nitro groups is 1. The molecule has 30 heavy (non-hydrogen) atoms. The molecule has 0 spiro atoms. The van der Waals surface area contributed by atoms with Crippen LogP contribution < -0.4 is 5.32 Å². The first-order valence-electron chi connectivity index (χ1n) is 8.86. The van der Waals surface area contributed by atoms with E-state index in [1.54, 1.807) is 24.3 Å². The largest absolute Gasteiger partial charge is 0.426 e. The van der Waals surface area contributed by atoms with E-state index in [0.717, 1.165) is 10.3 Å². The van der Waals surface area contributed by atoms with Crippen molar-refractivity contribution in [2.75, 3.05) is 5.32 Å². The van der Waals surface area contributed by atoms with Crippen LogP contribution in [0.3, 0.4) is 0 Å². The van der Waals surface area contributed by atoms with E-state index in [2.05, 4.69) is 22.1 Å². The lowest BCUT2D eigenvalue weighted by Crippen LogP contribution is -2.08. The lowest BCUT2D eigenvalue weighted by molar-refractivity contribution is -0.384. The Labute approximate surface area is 170 Å². The predicted octanol–water partition coefficient (Wildman–Crippen LogP) is 3.84. The van der Waals surface area contributed by atoms with Crippen LogP contribution in [0.1, 0.15) is 5.56 Å². The molecular weight excluding hydrogens is 384 g/mol. The van der Waals surface area contributed by atoms with Crippen LogP contribution in [0.2, 0.25) is 0 Å². The molecule has 8 nitrogen and oxygen atoms in total. The van der Waals surface area contributed by atoms with Gasteiger partial charge in [0, 0.05) is 34.9 Å². The smallest absolute Gasteiger partial charge is 0.300 e. The van der Waals surface area contributed by atoms with Crippen molar-refractivity contribution in [3.63, 3.8) is 0 Å². The lowest BCUT2D eigenvalue weighted by Gasteiger charge is -2.04. The Balaban J connectivity index is 1.54. The minimum Gasteiger partial charge on any atom is -0.426 e. The minimum atomic E-state index is -0.537. The van der Waals surface area contributed by atoms with E-state index < -0.39 is 10.8 Å². The van der Waals surface area contributed by atoms with Crippen LogP contribution >= 0.6 is 0 Å². The molecule has 0 saturated heterocycles. The molecule has 0 aliphatic rings. The summed E-state index contributed by atoms with van der Waals surface area (Å²) >= 11 is 0. The summed E-state index contributed by atoms with van der Waals surface area (Å²) in [6.07, 6.45) is 0. The van der Waals surface area contributed by atoms with Gasteiger partial charge in [-0.1, -0.05) is 24.1 Å². The number of rotatable bonds is 3. The number of fused-ring (bicyclic) bond motifs is 1. The molecular formula is C22H14N4O4. The van der Waals surface area contributed by atoms with Crippen LogP contribution in [-0.2, 0) is 4.79 Å². The summed E-state index contributed by atoms with van der Waals surface area (Å²) in [6.45, 7) is 0. The van der Waals surface area contributed by atoms with Crippen molar-refractivity contribution in [1.82, 2.24) is 9.71 Å². The number of non-ortho nitro benzene ring substituents is 1. The van der Waals surface area contributed by atoms with E-state index in [4.69, 9.17) is 0 Å². The minimum absolute atomic E-state index is 0.140. The van der Waals surface area contributed by atoms with Gasteiger partial charge in [0.15, 0.2) is 5.82 Å². The van der Waals surface area contributed by atoms with Gasteiger partial charge in [-0.15, -0.1) is 0 Å². The van der Waals surface area contributed by atoms with Gasteiger partial charge < -0.3 is 10.5 Å². The van der Waals surface area contributed by atoms with Crippen LogP contribution in [0.25, 0.3) is 22.4 Å². The van der Waals surface area contributed by atoms with Gasteiger partial charge in [0.05, 0.1) is 10.4 Å². The summed E-state index contributed by atoms with van der Waals surface area (Å²) in [5, 5.41) is 24.0. The number of hydrogen-bond donors (Lipinski definition) is 2. The van der Waals surface area contributed by atoms with Gasteiger partial charge in [-0.3, -0.25) is 14.9 Å². The molecule has 3 aromatic carbocycles. The maximum absolute atomic E-state index is 12.0. The van der Waals surface area contributed by atoms with Crippen molar-refractivity contribution in [3.8, 4) is 23.2 Å². The highest BCUT2D eigenvalue weighted by atomic mass is 16.6. The first kappa shape index (κ1) is 18.7. The Bertz CT molecular complexity index is 1320. The maximum Gasteiger partial charge on any atom is 0.300 e. The molecule has 146 valence electrons. The summed E-state index contributed by atoms with van der Waals surface area (Å²) < 4.78 is 0.807. The molecule has 0 atom stereocenters. The molecule has 0 saturated carbocycles. The second-order valence-electron chi connectivity index (χ2n) is 6.32. The second kappa shape index (κ2) is 7.77. The number of hydrogen-bond acceptors (Lipinski definition) is 5. The SMILES string of the molecule is O=C(C#Cc1ccccc1)Nc1ccc(-c2nc3ccc([N+](=O)[O-])cc3n2O)cc1. The van der Waals surface area contributed by atoms with E-state index in [1.165, 1.54) is 18.2 Å². The Morgan fingerprint density at radius 1 is 1.07 bits per heavy atom. The summed E-state index contributed by atoms with van der Waals surface area (Å²) in [7, 11) is 0. The molecule has 0 unspecified atom stereocenters. The molecule has 1 aromatic heterocycles. The van der Waals surface area contributed by atoms with Gasteiger partial charge in [0.2, 0.25) is 0 Å². The molecule has 4 rings (SSSR count). The topological polar surface area (TPSA) is 110 Å². The summed E-state index contributed by atoms with van der Waals surface area (Å²) in [5.41, 5.74) is 2.36.